The Labute approximate surface area is 109 Å². The Morgan fingerprint density at radius 2 is 2.00 bits per heavy atom. The molecule has 0 saturated carbocycles. The van der Waals surface area contributed by atoms with Gasteiger partial charge in [-0.05, 0) is 62.4 Å². The second kappa shape index (κ2) is 5.61. The normalized spacial score (nSPS) is 19.0. The fourth-order valence-corrected chi connectivity index (χ4v) is 2.77. The van der Waals surface area contributed by atoms with E-state index in [2.05, 4.69) is 25.2 Å². The molecule has 1 fully saturated rings. The van der Waals surface area contributed by atoms with E-state index >= 15 is 0 Å². The first-order valence-electron chi connectivity index (χ1n) is 6.61. The molecule has 0 spiro atoms. The first-order chi connectivity index (χ1) is 8.67. The van der Waals surface area contributed by atoms with Crippen LogP contribution < -0.4 is 14.8 Å². The molecule has 1 aliphatic rings. The highest BCUT2D eigenvalue weighted by molar-refractivity contribution is 5.52. The quantitative estimate of drug-likeness (QED) is 0.889. The molecule has 18 heavy (non-hydrogen) atoms. The molecule has 1 atom stereocenters. The predicted molar refractivity (Wildman–Crippen MR) is 73.7 cm³/mol. The molecule has 100 valence electrons. The zero-order valence-electron chi connectivity index (χ0n) is 11.8. The first kappa shape index (κ1) is 13.2. The summed E-state index contributed by atoms with van der Waals surface area (Å²) in [4.78, 5) is 0. The number of nitrogens with one attached hydrogen (secondary N) is 1. The minimum absolute atomic E-state index is 0.575. The molecule has 0 aromatic heterocycles. The van der Waals surface area contributed by atoms with Crippen molar-refractivity contribution in [2.75, 3.05) is 20.8 Å². The lowest BCUT2D eigenvalue weighted by molar-refractivity contribution is 0.391. The van der Waals surface area contributed by atoms with Gasteiger partial charge in [-0.1, -0.05) is 0 Å². The number of methoxy groups -OCH3 is 2. The van der Waals surface area contributed by atoms with Gasteiger partial charge in [0.25, 0.3) is 0 Å². The van der Waals surface area contributed by atoms with Crippen molar-refractivity contribution < 1.29 is 9.47 Å². The van der Waals surface area contributed by atoms with Gasteiger partial charge in [0.2, 0.25) is 0 Å². The molecular formula is C15H23NO2. The standard InChI is InChI=1S/C15H23NO2/c1-10-11(2)15(18-4)12(9-14(10)17-3)8-13-6-5-7-16-13/h9,13,16H,5-8H2,1-4H3. The number of benzene rings is 1. The minimum atomic E-state index is 0.575. The lowest BCUT2D eigenvalue weighted by atomic mass is 9.97. The Kier molecular flexibility index (Phi) is 4.12. The third kappa shape index (κ3) is 2.46. The Morgan fingerprint density at radius 1 is 1.22 bits per heavy atom. The first-order valence-corrected chi connectivity index (χ1v) is 6.61. The molecule has 3 heteroatoms. The second-order valence-electron chi connectivity index (χ2n) is 5.02. The van der Waals surface area contributed by atoms with E-state index < -0.39 is 0 Å². The van der Waals surface area contributed by atoms with Gasteiger partial charge >= 0.3 is 0 Å². The van der Waals surface area contributed by atoms with Gasteiger partial charge in [-0.15, -0.1) is 0 Å². The minimum Gasteiger partial charge on any atom is -0.496 e. The van der Waals surface area contributed by atoms with Crippen LogP contribution in [0.2, 0.25) is 0 Å². The number of rotatable bonds is 4. The summed E-state index contributed by atoms with van der Waals surface area (Å²) in [6.45, 7) is 5.31. The number of hydrogen-bond acceptors (Lipinski definition) is 3. The molecule has 1 aromatic carbocycles. The highest BCUT2D eigenvalue weighted by Crippen LogP contribution is 2.34. The summed E-state index contributed by atoms with van der Waals surface area (Å²) in [6, 6.07) is 2.70. The largest absolute Gasteiger partial charge is 0.496 e. The molecule has 0 radical (unpaired) electrons. The second-order valence-corrected chi connectivity index (χ2v) is 5.02. The van der Waals surface area contributed by atoms with Crippen molar-refractivity contribution >= 4 is 0 Å². The van der Waals surface area contributed by atoms with Crippen molar-refractivity contribution in [3.8, 4) is 11.5 Å². The van der Waals surface area contributed by atoms with Gasteiger partial charge < -0.3 is 14.8 Å². The Bertz CT molecular complexity index is 423. The van der Waals surface area contributed by atoms with Gasteiger partial charge in [0, 0.05) is 6.04 Å². The van der Waals surface area contributed by atoms with E-state index in [1.54, 1.807) is 14.2 Å². The topological polar surface area (TPSA) is 30.5 Å². The van der Waals surface area contributed by atoms with Crippen LogP contribution in [0.1, 0.15) is 29.5 Å². The highest BCUT2D eigenvalue weighted by atomic mass is 16.5. The van der Waals surface area contributed by atoms with E-state index in [9.17, 15) is 0 Å². The Morgan fingerprint density at radius 3 is 2.56 bits per heavy atom. The van der Waals surface area contributed by atoms with Crippen molar-refractivity contribution in [1.29, 1.82) is 0 Å². The van der Waals surface area contributed by atoms with Crippen LogP contribution in [0.5, 0.6) is 11.5 Å². The van der Waals surface area contributed by atoms with Gasteiger partial charge in [-0.3, -0.25) is 0 Å². The van der Waals surface area contributed by atoms with E-state index in [0.29, 0.717) is 6.04 Å². The molecule has 1 unspecified atom stereocenters. The van der Waals surface area contributed by atoms with Crippen LogP contribution in [-0.2, 0) is 6.42 Å². The fraction of sp³-hybridized carbons (Fsp3) is 0.600. The zero-order chi connectivity index (χ0) is 13.1. The van der Waals surface area contributed by atoms with Crippen molar-refractivity contribution in [1.82, 2.24) is 5.32 Å². The van der Waals surface area contributed by atoms with Crippen LogP contribution in [0.15, 0.2) is 6.07 Å². The molecule has 1 heterocycles. The van der Waals surface area contributed by atoms with E-state index in [0.717, 1.165) is 30.0 Å². The molecule has 1 N–H and O–H groups in total. The molecular weight excluding hydrogens is 226 g/mol. The molecule has 3 nitrogen and oxygen atoms in total. The van der Waals surface area contributed by atoms with E-state index in [1.807, 2.05) is 0 Å². The van der Waals surface area contributed by atoms with Crippen molar-refractivity contribution in [2.24, 2.45) is 0 Å². The predicted octanol–water partition coefficient (Wildman–Crippen LogP) is 2.62. The van der Waals surface area contributed by atoms with E-state index in [1.165, 1.54) is 24.0 Å². The third-order valence-electron chi connectivity index (χ3n) is 3.92. The summed E-state index contributed by atoms with van der Waals surface area (Å²) in [7, 11) is 3.48. The average Bonchev–Trinajstić information content (AvgIpc) is 2.87. The highest BCUT2D eigenvalue weighted by Gasteiger charge is 2.19. The maximum Gasteiger partial charge on any atom is 0.125 e. The van der Waals surface area contributed by atoms with Gasteiger partial charge in [0.1, 0.15) is 11.5 Å². The monoisotopic (exact) mass is 249 g/mol. The molecule has 0 amide bonds. The van der Waals surface area contributed by atoms with Gasteiger partial charge in [-0.25, -0.2) is 0 Å². The zero-order valence-corrected chi connectivity index (χ0v) is 11.8. The number of hydrogen-bond donors (Lipinski definition) is 1. The molecule has 1 aliphatic heterocycles. The van der Waals surface area contributed by atoms with Crippen LogP contribution in [0.25, 0.3) is 0 Å². The van der Waals surface area contributed by atoms with Crippen LogP contribution in [0, 0.1) is 13.8 Å². The summed E-state index contributed by atoms with van der Waals surface area (Å²) in [5, 5.41) is 3.53. The van der Waals surface area contributed by atoms with Crippen molar-refractivity contribution in [2.45, 2.75) is 39.2 Å². The van der Waals surface area contributed by atoms with Gasteiger partial charge in [-0.2, -0.15) is 0 Å². The lowest BCUT2D eigenvalue weighted by Crippen LogP contribution is -2.24. The summed E-state index contributed by atoms with van der Waals surface area (Å²) in [6.07, 6.45) is 3.54. The van der Waals surface area contributed by atoms with Crippen LogP contribution in [0.4, 0.5) is 0 Å². The lowest BCUT2D eigenvalue weighted by Gasteiger charge is -2.19. The van der Waals surface area contributed by atoms with Crippen LogP contribution >= 0.6 is 0 Å². The van der Waals surface area contributed by atoms with Gasteiger partial charge in [0.05, 0.1) is 14.2 Å². The maximum absolute atomic E-state index is 5.58. The number of ether oxygens (including phenoxy) is 2. The van der Waals surface area contributed by atoms with Crippen molar-refractivity contribution in [3.05, 3.63) is 22.8 Å². The summed E-state index contributed by atoms with van der Waals surface area (Å²) in [5.41, 5.74) is 3.60. The summed E-state index contributed by atoms with van der Waals surface area (Å²) in [5.74, 6) is 1.98. The Hall–Kier alpha value is -1.22. The average molecular weight is 249 g/mol. The fourth-order valence-electron chi connectivity index (χ4n) is 2.77. The summed E-state index contributed by atoms with van der Waals surface area (Å²) < 4.78 is 11.0. The molecule has 2 rings (SSSR count). The van der Waals surface area contributed by atoms with Gasteiger partial charge in [0.15, 0.2) is 0 Å². The van der Waals surface area contributed by atoms with Crippen molar-refractivity contribution in [3.63, 3.8) is 0 Å². The molecule has 1 saturated heterocycles. The van der Waals surface area contributed by atoms with E-state index in [4.69, 9.17) is 9.47 Å². The van der Waals surface area contributed by atoms with E-state index in [-0.39, 0.29) is 0 Å². The third-order valence-corrected chi connectivity index (χ3v) is 3.92. The maximum atomic E-state index is 5.58. The smallest absolute Gasteiger partial charge is 0.125 e. The Balaban J connectivity index is 2.34. The van der Waals surface area contributed by atoms with Crippen LogP contribution in [-0.4, -0.2) is 26.8 Å². The van der Waals surface area contributed by atoms with Crippen LogP contribution in [0.3, 0.4) is 0 Å². The summed E-state index contributed by atoms with van der Waals surface area (Å²) >= 11 is 0. The molecule has 1 aromatic rings. The molecule has 0 aliphatic carbocycles. The molecule has 0 bridgehead atoms. The SMILES string of the molecule is COc1cc(CC2CCCN2)c(OC)c(C)c1C.